The number of rotatable bonds is 4. The molecule has 2 nitrogen and oxygen atoms in total. The minimum atomic E-state index is -0.448. The van der Waals surface area contributed by atoms with Gasteiger partial charge in [-0.1, -0.05) is 41.6 Å². The van der Waals surface area contributed by atoms with Gasteiger partial charge in [0.2, 0.25) is 0 Å². The van der Waals surface area contributed by atoms with E-state index in [4.69, 9.17) is 16.0 Å². The van der Waals surface area contributed by atoms with E-state index in [0.29, 0.717) is 15.9 Å². The summed E-state index contributed by atoms with van der Waals surface area (Å²) in [5.74, 6) is 0.0137. The molecular weight excluding hydrogens is 425 g/mol. The summed E-state index contributed by atoms with van der Waals surface area (Å²) in [5, 5.41) is 10.6. The highest BCUT2D eigenvalue weighted by atomic mass is 79.9. The third-order valence-electron chi connectivity index (χ3n) is 3.27. The zero-order valence-corrected chi connectivity index (χ0v) is 15.8. The molecule has 1 heterocycles. The Hall–Kier alpha value is -2.00. The fourth-order valence-electron chi connectivity index (χ4n) is 2.11. The van der Waals surface area contributed by atoms with Gasteiger partial charge in [-0.25, -0.2) is 4.39 Å². The van der Waals surface area contributed by atoms with Crippen LogP contribution in [0.1, 0.15) is 11.3 Å². The zero-order chi connectivity index (χ0) is 17.8. The Labute approximate surface area is 162 Å². The molecule has 0 amide bonds. The molecule has 6 heteroatoms. The van der Waals surface area contributed by atoms with E-state index in [1.54, 1.807) is 36.4 Å². The van der Waals surface area contributed by atoms with Crippen molar-refractivity contribution in [1.82, 2.24) is 0 Å². The maximum atomic E-state index is 13.9. The number of nitriles is 1. The van der Waals surface area contributed by atoms with Crippen LogP contribution in [-0.4, -0.2) is 0 Å². The first-order chi connectivity index (χ1) is 12.1. The summed E-state index contributed by atoms with van der Waals surface area (Å²) in [4.78, 5) is 0.963. The highest BCUT2D eigenvalue weighted by molar-refractivity contribution is 9.10. The van der Waals surface area contributed by atoms with Gasteiger partial charge in [0, 0.05) is 15.5 Å². The lowest BCUT2D eigenvalue weighted by molar-refractivity contribution is 0.463. The van der Waals surface area contributed by atoms with E-state index in [2.05, 4.69) is 15.9 Å². The van der Waals surface area contributed by atoms with Gasteiger partial charge in [-0.15, -0.1) is 0 Å². The van der Waals surface area contributed by atoms with Gasteiger partial charge in [0.1, 0.15) is 11.6 Å². The molecule has 0 aliphatic heterocycles. The summed E-state index contributed by atoms with van der Waals surface area (Å²) >= 11 is 10.7. The molecule has 0 saturated carbocycles. The third-order valence-corrected chi connectivity index (χ3v) is 5.37. The normalized spacial score (nSPS) is 11.4. The van der Waals surface area contributed by atoms with Crippen LogP contribution in [0.15, 0.2) is 73.5 Å². The van der Waals surface area contributed by atoms with Gasteiger partial charge in [0.25, 0.3) is 0 Å². The van der Waals surface area contributed by atoms with Crippen molar-refractivity contribution in [3.05, 3.63) is 81.2 Å². The summed E-state index contributed by atoms with van der Waals surface area (Å²) in [5.41, 5.74) is 0.437. The Kier molecular flexibility index (Phi) is 5.64. The van der Waals surface area contributed by atoms with Crippen molar-refractivity contribution in [1.29, 1.82) is 5.26 Å². The van der Waals surface area contributed by atoms with Crippen LogP contribution in [0.2, 0.25) is 5.02 Å². The van der Waals surface area contributed by atoms with Crippen molar-refractivity contribution in [3.63, 3.8) is 0 Å². The van der Waals surface area contributed by atoms with E-state index in [-0.39, 0.29) is 11.1 Å². The molecule has 3 aromatic rings. The first kappa shape index (κ1) is 17.8. The molecule has 3 rings (SSSR count). The molecule has 0 bridgehead atoms. The van der Waals surface area contributed by atoms with Gasteiger partial charge in [0.05, 0.1) is 16.1 Å². The van der Waals surface area contributed by atoms with Crippen molar-refractivity contribution in [2.24, 2.45) is 0 Å². The maximum absolute atomic E-state index is 13.9. The Bertz CT molecular complexity index is 976. The van der Waals surface area contributed by atoms with E-state index in [1.807, 2.05) is 18.2 Å². The Balaban J connectivity index is 1.90. The maximum Gasteiger partial charge on any atom is 0.179 e. The Morgan fingerprint density at radius 1 is 1.20 bits per heavy atom. The van der Waals surface area contributed by atoms with Crippen LogP contribution in [0.5, 0.6) is 0 Å². The lowest BCUT2D eigenvalue weighted by Gasteiger charge is -2.00. The number of hydrogen-bond donors (Lipinski definition) is 0. The minimum Gasteiger partial charge on any atom is -0.449 e. The largest absolute Gasteiger partial charge is 0.449 e. The van der Waals surface area contributed by atoms with Crippen molar-refractivity contribution >= 4 is 50.9 Å². The second-order valence-corrected chi connectivity index (χ2v) is 7.33. The molecule has 0 saturated heterocycles. The van der Waals surface area contributed by atoms with Gasteiger partial charge in [0.15, 0.2) is 5.09 Å². The predicted octanol–water partition coefficient (Wildman–Crippen LogP) is 7.05. The van der Waals surface area contributed by atoms with E-state index in [9.17, 15) is 9.65 Å². The van der Waals surface area contributed by atoms with Crippen molar-refractivity contribution < 1.29 is 8.81 Å². The summed E-state index contributed by atoms with van der Waals surface area (Å²) < 4.78 is 20.4. The average Bonchev–Trinajstić information content (AvgIpc) is 2.95. The molecule has 0 N–H and O–H groups in total. The van der Waals surface area contributed by atoms with Crippen LogP contribution < -0.4 is 0 Å². The molecular formula is C19H10BrClFNOS. The molecule has 0 radical (unpaired) electrons. The summed E-state index contributed by atoms with van der Waals surface area (Å²) in [6.45, 7) is 0. The van der Waals surface area contributed by atoms with E-state index >= 15 is 0 Å². The molecule has 0 aliphatic rings. The van der Waals surface area contributed by atoms with Gasteiger partial charge < -0.3 is 4.42 Å². The Morgan fingerprint density at radius 2 is 1.92 bits per heavy atom. The highest BCUT2D eigenvalue weighted by Crippen LogP contribution is 2.37. The number of nitrogens with zero attached hydrogens (tertiary/aromatic N) is 1. The molecule has 0 unspecified atom stereocenters. The second kappa shape index (κ2) is 7.92. The molecule has 124 valence electrons. The number of hydrogen-bond acceptors (Lipinski definition) is 3. The van der Waals surface area contributed by atoms with E-state index in [1.165, 1.54) is 23.9 Å². The lowest BCUT2D eigenvalue weighted by Crippen LogP contribution is -1.86. The first-order valence-electron chi connectivity index (χ1n) is 7.16. The van der Waals surface area contributed by atoms with Gasteiger partial charge in [-0.05, 0) is 58.4 Å². The smallest absolute Gasteiger partial charge is 0.179 e. The fraction of sp³-hybridized carbons (Fsp3) is 0. The van der Waals surface area contributed by atoms with Crippen LogP contribution in [0.4, 0.5) is 4.39 Å². The lowest BCUT2D eigenvalue weighted by atomic mass is 10.1. The summed E-state index contributed by atoms with van der Waals surface area (Å²) in [7, 11) is 0. The van der Waals surface area contributed by atoms with Crippen LogP contribution in [-0.2, 0) is 0 Å². The number of benzene rings is 2. The van der Waals surface area contributed by atoms with Crippen molar-refractivity contribution in [2.45, 2.75) is 9.99 Å². The molecule has 1 aromatic heterocycles. The van der Waals surface area contributed by atoms with Crippen LogP contribution >= 0.6 is 39.3 Å². The Morgan fingerprint density at radius 3 is 2.60 bits per heavy atom. The standard InChI is InChI=1S/C19H10BrClFNOS/c20-17-10-14(9-12(11-23)16-3-1-2-4-18(16)22)24-19(17)25-15-7-5-13(21)6-8-15/h1-10H/b12-9-. The topological polar surface area (TPSA) is 36.9 Å². The van der Waals surface area contributed by atoms with Crippen molar-refractivity contribution in [2.75, 3.05) is 0 Å². The highest BCUT2D eigenvalue weighted by Gasteiger charge is 2.12. The molecule has 0 atom stereocenters. The monoisotopic (exact) mass is 433 g/mol. The van der Waals surface area contributed by atoms with E-state index < -0.39 is 5.82 Å². The SMILES string of the molecule is N#C/C(=C/c1cc(Br)c(Sc2ccc(Cl)cc2)o1)c1ccccc1F. The molecule has 0 fully saturated rings. The first-order valence-corrected chi connectivity index (χ1v) is 9.15. The zero-order valence-electron chi connectivity index (χ0n) is 12.7. The molecule has 2 aromatic carbocycles. The minimum absolute atomic E-state index is 0.197. The van der Waals surface area contributed by atoms with Crippen LogP contribution in [0, 0.1) is 17.1 Å². The quantitative estimate of drug-likeness (QED) is 0.413. The molecule has 25 heavy (non-hydrogen) atoms. The van der Waals surface area contributed by atoms with Crippen molar-refractivity contribution in [3.8, 4) is 6.07 Å². The predicted molar refractivity (Wildman–Crippen MR) is 102 cm³/mol. The van der Waals surface area contributed by atoms with Gasteiger partial charge >= 0.3 is 0 Å². The molecule has 0 aliphatic carbocycles. The second-order valence-electron chi connectivity index (χ2n) is 4.99. The third kappa shape index (κ3) is 4.35. The molecule has 0 spiro atoms. The fourth-order valence-corrected chi connectivity index (χ4v) is 3.57. The number of allylic oxidation sites excluding steroid dienone is 1. The summed E-state index contributed by atoms with van der Waals surface area (Å²) in [6, 6.07) is 17.3. The number of furan rings is 1. The summed E-state index contributed by atoms with van der Waals surface area (Å²) in [6.07, 6.45) is 1.52. The van der Waals surface area contributed by atoms with E-state index in [0.717, 1.165) is 9.37 Å². The average molecular weight is 435 g/mol. The number of halogens is 3. The van der Waals surface area contributed by atoms with Crippen LogP contribution in [0.25, 0.3) is 11.6 Å². The van der Waals surface area contributed by atoms with Crippen LogP contribution in [0.3, 0.4) is 0 Å². The van der Waals surface area contributed by atoms with Gasteiger partial charge in [-0.2, -0.15) is 5.26 Å². The van der Waals surface area contributed by atoms with Gasteiger partial charge in [-0.3, -0.25) is 0 Å².